The van der Waals surface area contributed by atoms with Crippen molar-refractivity contribution in [3.05, 3.63) is 20.8 Å². The lowest BCUT2D eigenvalue weighted by Gasteiger charge is -2.30. The molecule has 0 saturated carbocycles. The van der Waals surface area contributed by atoms with E-state index >= 15 is 0 Å². The zero-order valence-corrected chi connectivity index (χ0v) is 13.5. The summed E-state index contributed by atoms with van der Waals surface area (Å²) >= 11 is 5.38. The Morgan fingerprint density at radius 2 is 2.24 bits per heavy atom. The highest BCUT2D eigenvalue weighted by atomic mass is 79.9. The zero-order valence-electron chi connectivity index (χ0n) is 10.3. The van der Waals surface area contributed by atoms with Gasteiger partial charge in [-0.3, -0.25) is 4.90 Å². The van der Waals surface area contributed by atoms with E-state index in [1.807, 2.05) is 11.3 Å². The maximum Gasteiger partial charge on any atom is 0.0701 e. The molecule has 2 nitrogen and oxygen atoms in total. The van der Waals surface area contributed by atoms with Crippen LogP contribution >= 0.6 is 39.7 Å². The quantitative estimate of drug-likeness (QED) is 0.907. The molecule has 1 saturated heterocycles. The van der Waals surface area contributed by atoms with E-state index in [1.165, 1.54) is 28.0 Å². The fourth-order valence-electron chi connectivity index (χ4n) is 2.37. The van der Waals surface area contributed by atoms with Crippen LogP contribution in [0.3, 0.4) is 0 Å². The molecule has 1 unspecified atom stereocenters. The number of thiophene rings is 1. The second kappa shape index (κ2) is 6.02. The van der Waals surface area contributed by atoms with Gasteiger partial charge in [0.25, 0.3) is 0 Å². The van der Waals surface area contributed by atoms with Crippen molar-refractivity contribution >= 4 is 39.7 Å². The first-order valence-corrected chi connectivity index (χ1v) is 7.35. The highest BCUT2D eigenvalue weighted by molar-refractivity contribution is 9.11. The number of nitrogens with zero attached hydrogens (tertiary/aromatic N) is 1. The maximum absolute atomic E-state index is 6.11. The highest BCUT2D eigenvalue weighted by Crippen LogP contribution is 2.37. The fourth-order valence-corrected chi connectivity index (χ4v) is 3.96. The third-order valence-electron chi connectivity index (χ3n) is 2.90. The summed E-state index contributed by atoms with van der Waals surface area (Å²) in [6.45, 7) is 6.37. The number of likely N-dealkylation sites (tertiary alicyclic amines) is 1. The molecule has 2 heterocycles. The van der Waals surface area contributed by atoms with E-state index in [4.69, 9.17) is 5.73 Å². The SMILES string of the molecule is CC(C)(N)CN1CCCC1c1ccc(Br)s1.Cl. The van der Waals surface area contributed by atoms with Gasteiger partial charge in [0.2, 0.25) is 0 Å². The van der Waals surface area contributed by atoms with Crippen molar-refractivity contribution in [1.82, 2.24) is 4.90 Å². The largest absolute Gasteiger partial charge is 0.324 e. The molecule has 1 atom stereocenters. The Kier molecular flexibility index (Phi) is 5.47. The first-order valence-electron chi connectivity index (χ1n) is 5.74. The minimum absolute atomic E-state index is 0. The third kappa shape index (κ3) is 4.21. The predicted molar refractivity (Wildman–Crippen MR) is 81.1 cm³/mol. The minimum atomic E-state index is -0.100. The second-order valence-corrected chi connectivity index (χ2v) is 7.75. The number of nitrogens with two attached hydrogens (primary N) is 1. The van der Waals surface area contributed by atoms with Crippen molar-refractivity contribution in [2.75, 3.05) is 13.1 Å². The highest BCUT2D eigenvalue weighted by Gasteiger charge is 2.30. The molecule has 0 radical (unpaired) electrons. The Balaban J connectivity index is 0.00000144. The second-order valence-electron chi connectivity index (χ2n) is 5.26. The topological polar surface area (TPSA) is 29.3 Å². The monoisotopic (exact) mass is 338 g/mol. The van der Waals surface area contributed by atoms with Gasteiger partial charge in [-0.2, -0.15) is 0 Å². The third-order valence-corrected chi connectivity index (χ3v) is 4.62. The molecule has 1 aliphatic heterocycles. The van der Waals surface area contributed by atoms with E-state index < -0.39 is 0 Å². The molecule has 1 aromatic heterocycles. The van der Waals surface area contributed by atoms with Crippen LogP contribution in [0.15, 0.2) is 15.9 Å². The van der Waals surface area contributed by atoms with E-state index in [0.29, 0.717) is 6.04 Å². The molecule has 2 N–H and O–H groups in total. The van der Waals surface area contributed by atoms with Gasteiger partial charge in [-0.1, -0.05) is 0 Å². The van der Waals surface area contributed by atoms with E-state index in [2.05, 4.69) is 46.8 Å². The van der Waals surface area contributed by atoms with Crippen molar-refractivity contribution in [2.24, 2.45) is 5.73 Å². The van der Waals surface area contributed by atoms with Gasteiger partial charge in [0.05, 0.1) is 3.79 Å². The Labute approximate surface area is 122 Å². The smallest absolute Gasteiger partial charge is 0.0701 e. The van der Waals surface area contributed by atoms with Crippen molar-refractivity contribution < 1.29 is 0 Å². The first kappa shape index (κ1) is 15.4. The number of rotatable bonds is 3. The Hall–Kier alpha value is 0.390. The van der Waals surface area contributed by atoms with Crippen LogP contribution in [0.2, 0.25) is 0 Å². The van der Waals surface area contributed by atoms with E-state index in [9.17, 15) is 0 Å². The lowest BCUT2D eigenvalue weighted by Crippen LogP contribution is -2.44. The van der Waals surface area contributed by atoms with Crippen LogP contribution in [-0.4, -0.2) is 23.5 Å². The molecule has 0 spiro atoms. The molecule has 0 amide bonds. The zero-order chi connectivity index (χ0) is 11.8. The van der Waals surface area contributed by atoms with Crippen LogP contribution in [0.1, 0.15) is 37.6 Å². The van der Waals surface area contributed by atoms with Gasteiger partial charge >= 0.3 is 0 Å². The van der Waals surface area contributed by atoms with Crippen LogP contribution in [0, 0.1) is 0 Å². The standard InChI is InChI=1S/C12H19BrN2S.ClH/c1-12(2,14)8-15-7-3-4-9(15)10-5-6-11(13)16-10;/h5-6,9H,3-4,7-8,14H2,1-2H3;1H. The van der Waals surface area contributed by atoms with Gasteiger partial charge in [-0.15, -0.1) is 23.7 Å². The van der Waals surface area contributed by atoms with Crippen LogP contribution < -0.4 is 5.73 Å². The summed E-state index contributed by atoms with van der Waals surface area (Å²) in [5.74, 6) is 0. The summed E-state index contributed by atoms with van der Waals surface area (Å²) in [6, 6.07) is 4.96. The summed E-state index contributed by atoms with van der Waals surface area (Å²) in [5.41, 5.74) is 6.01. The average Bonchev–Trinajstić information content (AvgIpc) is 2.71. The molecular weight excluding hydrogens is 320 g/mol. The summed E-state index contributed by atoms with van der Waals surface area (Å²) in [5, 5.41) is 0. The van der Waals surface area contributed by atoms with Crippen LogP contribution in [-0.2, 0) is 0 Å². The van der Waals surface area contributed by atoms with Crippen molar-refractivity contribution in [3.63, 3.8) is 0 Å². The molecule has 0 aromatic carbocycles. The molecule has 1 aliphatic rings. The van der Waals surface area contributed by atoms with E-state index in [-0.39, 0.29) is 17.9 Å². The summed E-state index contributed by atoms with van der Waals surface area (Å²) in [7, 11) is 0. The van der Waals surface area contributed by atoms with Crippen molar-refractivity contribution in [1.29, 1.82) is 0 Å². The molecule has 1 fully saturated rings. The lowest BCUT2D eigenvalue weighted by atomic mass is 10.1. The van der Waals surface area contributed by atoms with Gasteiger partial charge in [0.15, 0.2) is 0 Å². The summed E-state index contributed by atoms with van der Waals surface area (Å²) in [4.78, 5) is 3.99. The Bertz CT molecular complexity index is 362. The van der Waals surface area contributed by atoms with Gasteiger partial charge in [-0.25, -0.2) is 0 Å². The molecule has 98 valence electrons. The number of halogens is 2. The van der Waals surface area contributed by atoms with Crippen LogP contribution in [0.4, 0.5) is 0 Å². The predicted octanol–water partition coefficient (Wildman–Crippen LogP) is 3.81. The molecule has 17 heavy (non-hydrogen) atoms. The van der Waals surface area contributed by atoms with E-state index in [0.717, 1.165) is 6.54 Å². The van der Waals surface area contributed by atoms with E-state index in [1.54, 1.807) is 0 Å². The number of hydrogen-bond donors (Lipinski definition) is 1. The number of hydrogen-bond acceptors (Lipinski definition) is 3. The molecule has 2 rings (SSSR count). The normalized spacial score (nSPS) is 21.5. The average molecular weight is 340 g/mol. The van der Waals surface area contributed by atoms with Gasteiger partial charge in [0, 0.05) is 23.0 Å². The van der Waals surface area contributed by atoms with Crippen molar-refractivity contribution in [2.45, 2.75) is 38.3 Å². The molecular formula is C12H20BrClN2S. The molecule has 0 bridgehead atoms. The van der Waals surface area contributed by atoms with Gasteiger partial charge in [-0.05, 0) is 61.3 Å². The lowest BCUT2D eigenvalue weighted by molar-refractivity contribution is 0.213. The summed E-state index contributed by atoms with van der Waals surface area (Å²) in [6.07, 6.45) is 2.55. The molecule has 5 heteroatoms. The summed E-state index contributed by atoms with van der Waals surface area (Å²) < 4.78 is 1.22. The Morgan fingerprint density at radius 3 is 2.76 bits per heavy atom. The fraction of sp³-hybridized carbons (Fsp3) is 0.667. The molecule has 1 aromatic rings. The van der Waals surface area contributed by atoms with Crippen LogP contribution in [0.5, 0.6) is 0 Å². The minimum Gasteiger partial charge on any atom is -0.324 e. The first-order chi connectivity index (χ1) is 7.46. The van der Waals surface area contributed by atoms with Gasteiger partial charge in [0.1, 0.15) is 0 Å². The van der Waals surface area contributed by atoms with Crippen LogP contribution in [0.25, 0.3) is 0 Å². The Morgan fingerprint density at radius 1 is 1.53 bits per heavy atom. The van der Waals surface area contributed by atoms with Crippen molar-refractivity contribution in [3.8, 4) is 0 Å². The van der Waals surface area contributed by atoms with Gasteiger partial charge < -0.3 is 5.73 Å². The maximum atomic E-state index is 6.11. The molecule has 0 aliphatic carbocycles.